The molecule has 0 radical (unpaired) electrons. The quantitative estimate of drug-likeness (QED) is 0.884. The van der Waals surface area contributed by atoms with Crippen molar-refractivity contribution in [2.75, 3.05) is 18.5 Å². The number of aryl methyl sites for hydroxylation is 1. The van der Waals surface area contributed by atoms with E-state index in [0.29, 0.717) is 11.6 Å². The molecule has 108 valence electrons. The van der Waals surface area contributed by atoms with Crippen LogP contribution >= 0.6 is 0 Å². The Kier molecular flexibility index (Phi) is 3.79. The largest absolute Gasteiger partial charge is 0.385 e. The molecule has 0 spiro atoms. The van der Waals surface area contributed by atoms with Gasteiger partial charge >= 0.3 is 0 Å². The van der Waals surface area contributed by atoms with Crippen LogP contribution in [0.2, 0.25) is 0 Å². The number of aromatic nitrogens is 4. The second kappa shape index (κ2) is 5.89. The van der Waals surface area contributed by atoms with Gasteiger partial charge in [-0.3, -0.25) is 5.10 Å². The molecule has 3 heterocycles. The number of rotatable bonds is 4. The lowest BCUT2D eigenvalue weighted by molar-refractivity contribution is 0.0864. The molecule has 2 N–H and O–H groups in total. The van der Waals surface area contributed by atoms with Gasteiger partial charge in [-0.15, -0.1) is 0 Å². The zero-order valence-electron chi connectivity index (χ0n) is 11.7. The van der Waals surface area contributed by atoms with E-state index in [0.717, 1.165) is 36.8 Å². The zero-order valence-corrected chi connectivity index (χ0v) is 11.7. The van der Waals surface area contributed by atoms with E-state index in [9.17, 15) is 0 Å². The van der Waals surface area contributed by atoms with Gasteiger partial charge in [0, 0.05) is 30.5 Å². The maximum atomic E-state index is 8.95. The Morgan fingerprint density at radius 3 is 3.19 bits per heavy atom. The van der Waals surface area contributed by atoms with Crippen LogP contribution in [0.5, 0.6) is 0 Å². The van der Waals surface area contributed by atoms with Gasteiger partial charge in [0.15, 0.2) is 5.82 Å². The minimum atomic E-state index is -0.0571. The van der Waals surface area contributed by atoms with E-state index in [1.165, 1.54) is 6.33 Å². The fourth-order valence-corrected chi connectivity index (χ4v) is 2.57. The molecule has 3 rings (SSSR count). The molecule has 0 amide bonds. The Balaban J connectivity index is 1.67. The molecule has 1 aliphatic rings. The Morgan fingerprint density at radius 2 is 2.43 bits per heavy atom. The molecule has 1 saturated heterocycles. The van der Waals surface area contributed by atoms with Gasteiger partial charge in [-0.1, -0.05) is 0 Å². The van der Waals surface area contributed by atoms with Crippen molar-refractivity contribution >= 4 is 5.69 Å². The number of ether oxygens (including phenoxy) is 1. The fraction of sp³-hybridized carbons (Fsp3) is 0.429. The number of hydrogen-bond acceptors (Lipinski definition) is 6. The number of hydrogen-bond donors (Lipinski definition) is 2. The molecular weight excluding hydrogens is 268 g/mol. The number of pyridine rings is 1. The van der Waals surface area contributed by atoms with Gasteiger partial charge in [0.2, 0.25) is 0 Å². The predicted molar refractivity (Wildman–Crippen MR) is 75.4 cm³/mol. The molecule has 0 unspecified atom stereocenters. The standard InChI is InChI=1S/C14H16N6O/c1-9-4-11(5-12(6-15)19-9)16-7-10-2-3-21-13(10)14-17-8-18-20-14/h4-5,8,10,13H,2-3,7H2,1H3,(H,16,19)(H,17,18,20)/t10-,13-/m0/s1. The Hall–Kier alpha value is -2.46. The lowest BCUT2D eigenvalue weighted by Gasteiger charge is -2.17. The molecule has 1 fully saturated rings. The minimum absolute atomic E-state index is 0.0571. The first kappa shape index (κ1) is 13.5. The Morgan fingerprint density at radius 1 is 1.52 bits per heavy atom. The lowest BCUT2D eigenvalue weighted by Crippen LogP contribution is -2.19. The summed E-state index contributed by atoms with van der Waals surface area (Å²) in [5.41, 5.74) is 2.15. The van der Waals surface area contributed by atoms with Crippen molar-refractivity contribution in [2.24, 2.45) is 5.92 Å². The van der Waals surface area contributed by atoms with Crippen LogP contribution < -0.4 is 5.32 Å². The molecule has 2 aromatic heterocycles. The number of anilines is 1. The molecule has 0 aromatic carbocycles. The third-order valence-electron chi connectivity index (χ3n) is 3.55. The van der Waals surface area contributed by atoms with Crippen LogP contribution in [0.4, 0.5) is 5.69 Å². The summed E-state index contributed by atoms with van der Waals surface area (Å²) in [6.07, 6.45) is 2.40. The van der Waals surface area contributed by atoms with Crippen molar-refractivity contribution in [1.82, 2.24) is 20.2 Å². The summed E-state index contributed by atoms with van der Waals surface area (Å²) >= 11 is 0. The van der Waals surface area contributed by atoms with Gasteiger partial charge in [-0.25, -0.2) is 9.97 Å². The van der Waals surface area contributed by atoms with E-state index in [2.05, 4.69) is 31.6 Å². The van der Waals surface area contributed by atoms with Crippen LogP contribution in [0.3, 0.4) is 0 Å². The SMILES string of the molecule is Cc1cc(NC[C@@H]2CCO[C@@H]2c2ncn[nH]2)cc(C#N)n1. The smallest absolute Gasteiger partial charge is 0.153 e. The van der Waals surface area contributed by atoms with Gasteiger partial charge in [-0.2, -0.15) is 10.4 Å². The highest BCUT2D eigenvalue weighted by Gasteiger charge is 2.31. The highest BCUT2D eigenvalue weighted by molar-refractivity contribution is 5.48. The van der Waals surface area contributed by atoms with Crippen molar-refractivity contribution < 1.29 is 4.74 Å². The monoisotopic (exact) mass is 284 g/mol. The molecule has 0 bridgehead atoms. The first-order chi connectivity index (χ1) is 10.3. The highest BCUT2D eigenvalue weighted by atomic mass is 16.5. The van der Waals surface area contributed by atoms with Gasteiger partial charge in [0.05, 0.1) is 0 Å². The van der Waals surface area contributed by atoms with Crippen LogP contribution in [0.25, 0.3) is 0 Å². The number of nitrogens with zero attached hydrogens (tertiary/aromatic N) is 4. The molecule has 7 heteroatoms. The summed E-state index contributed by atoms with van der Waals surface area (Å²) in [5.74, 6) is 1.08. The maximum Gasteiger partial charge on any atom is 0.153 e. The molecule has 1 aliphatic heterocycles. The molecule has 0 saturated carbocycles. The molecule has 2 aromatic rings. The second-order valence-corrected chi connectivity index (χ2v) is 5.09. The van der Waals surface area contributed by atoms with Crippen LogP contribution in [-0.4, -0.2) is 33.3 Å². The van der Waals surface area contributed by atoms with Crippen LogP contribution in [-0.2, 0) is 4.74 Å². The summed E-state index contributed by atoms with van der Waals surface area (Å²) in [6, 6.07) is 5.76. The van der Waals surface area contributed by atoms with Crippen molar-refractivity contribution in [2.45, 2.75) is 19.4 Å². The number of aromatic amines is 1. The molecular formula is C14H16N6O. The van der Waals surface area contributed by atoms with Crippen LogP contribution in [0.1, 0.15) is 29.7 Å². The number of nitrogens with one attached hydrogen (secondary N) is 2. The molecule has 0 aliphatic carbocycles. The topological polar surface area (TPSA) is 99.5 Å². The molecule has 21 heavy (non-hydrogen) atoms. The van der Waals surface area contributed by atoms with Gasteiger partial charge in [0.1, 0.15) is 24.2 Å². The zero-order chi connectivity index (χ0) is 14.7. The summed E-state index contributed by atoms with van der Waals surface area (Å²) in [5, 5.41) is 19.1. The van der Waals surface area contributed by atoms with E-state index >= 15 is 0 Å². The van der Waals surface area contributed by atoms with E-state index in [1.54, 1.807) is 6.07 Å². The lowest BCUT2D eigenvalue weighted by atomic mass is 10.0. The molecule has 2 atom stereocenters. The van der Waals surface area contributed by atoms with Crippen molar-refractivity contribution in [1.29, 1.82) is 5.26 Å². The van der Waals surface area contributed by atoms with Crippen LogP contribution in [0.15, 0.2) is 18.5 Å². The minimum Gasteiger partial charge on any atom is -0.385 e. The van der Waals surface area contributed by atoms with E-state index in [1.807, 2.05) is 13.0 Å². The van der Waals surface area contributed by atoms with E-state index in [4.69, 9.17) is 10.00 Å². The van der Waals surface area contributed by atoms with E-state index in [-0.39, 0.29) is 6.10 Å². The number of nitriles is 1. The van der Waals surface area contributed by atoms with Crippen molar-refractivity contribution in [3.8, 4) is 6.07 Å². The Bertz CT molecular complexity index is 648. The summed E-state index contributed by atoms with van der Waals surface area (Å²) in [7, 11) is 0. The Labute approximate surface area is 122 Å². The second-order valence-electron chi connectivity index (χ2n) is 5.09. The fourth-order valence-electron chi connectivity index (χ4n) is 2.57. The average Bonchev–Trinajstić information content (AvgIpc) is 3.15. The van der Waals surface area contributed by atoms with Gasteiger partial charge < -0.3 is 10.1 Å². The highest BCUT2D eigenvalue weighted by Crippen LogP contribution is 2.32. The first-order valence-electron chi connectivity index (χ1n) is 6.86. The summed E-state index contributed by atoms with van der Waals surface area (Å²) < 4.78 is 5.73. The van der Waals surface area contributed by atoms with Gasteiger partial charge in [-0.05, 0) is 25.5 Å². The predicted octanol–water partition coefficient (Wildman–Crippen LogP) is 1.57. The van der Waals surface area contributed by atoms with E-state index < -0.39 is 0 Å². The van der Waals surface area contributed by atoms with Gasteiger partial charge in [0.25, 0.3) is 0 Å². The normalized spacial score (nSPS) is 21.1. The third-order valence-corrected chi connectivity index (χ3v) is 3.55. The molecule has 7 nitrogen and oxygen atoms in total. The maximum absolute atomic E-state index is 8.95. The first-order valence-corrected chi connectivity index (χ1v) is 6.86. The van der Waals surface area contributed by atoms with Crippen molar-refractivity contribution in [3.05, 3.63) is 35.7 Å². The third kappa shape index (κ3) is 3.01. The number of H-pyrrole nitrogens is 1. The summed E-state index contributed by atoms with van der Waals surface area (Å²) in [6.45, 7) is 3.35. The van der Waals surface area contributed by atoms with Crippen molar-refractivity contribution in [3.63, 3.8) is 0 Å². The average molecular weight is 284 g/mol. The van der Waals surface area contributed by atoms with Crippen LogP contribution in [0, 0.1) is 24.2 Å². The summed E-state index contributed by atoms with van der Waals surface area (Å²) in [4.78, 5) is 8.31.